The van der Waals surface area contributed by atoms with Gasteiger partial charge in [0.25, 0.3) is 0 Å². The van der Waals surface area contributed by atoms with E-state index in [0.29, 0.717) is 11.8 Å². The maximum absolute atomic E-state index is 11.9. The number of fused-ring (bicyclic) bond motifs is 5. The van der Waals surface area contributed by atoms with Crippen LogP contribution in [0.5, 0.6) is 0 Å². The second-order valence-electron chi connectivity index (χ2n) is 9.54. The van der Waals surface area contributed by atoms with Gasteiger partial charge in [-0.2, -0.15) is 0 Å². The summed E-state index contributed by atoms with van der Waals surface area (Å²) in [6, 6.07) is 0. The predicted octanol–water partition coefficient (Wildman–Crippen LogP) is 5.83. The number of allylic oxidation sites excluding steroid dienone is 2. The van der Waals surface area contributed by atoms with Crippen LogP contribution in [0.3, 0.4) is 0 Å². The number of carbonyl (C=O) groups excluding carboxylic acids is 1. The van der Waals surface area contributed by atoms with Crippen molar-refractivity contribution < 1.29 is 9.53 Å². The molecule has 0 saturated heterocycles. The summed E-state index contributed by atoms with van der Waals surface area (Å²) in [7, 11) is 0. The van der Waals surface area contributed by atoms with Crippen molar-refractivity contribution in [3.63, 3.8) is 0 Å². The van der Waals surface area contributed by atoms with E-state index >= 15 is 0 Å². The van der Waals surface area contributed by atoms with Gasteiger partial charge in [-0.1, -0.05) is 38.8 Å². The standard InChI is InChI=1S/C23H34O2/c1-4-6-21(24)25-17-10-14-23(3)16(15-17)8-9-18-19-7-5-12-22(19,2)13-11-20(18)23/h10,14-15,17-20H,4-9,11-13H2,1-3H3/t17?,18-,19-,20-,22-,23-/m0/s1. The van der Waals surface area contributed by atoms with E-state index in [9.17, 15) is 4.79 Å². The van der Waals surface area contributed by atoms with Crippen LogP contribution in [-0.2, 0) is 9.53 Å². The molecule has 3 fully saturated rings. The fourth-order valence-electron chi connectivity index (χ4n) is 6.79. The first kappa shape index (κ1) is 17.4. The van der Waals surface area contributed by atoms with Gasteiger partial charge in [-0.25, -0.2) is 0 Å². The number of carbonyl (C=O) groups is 1. The van der Waals surface area contributed by atoms with Gasteiger partial charge >= 0.3 is 5.97 Å². The summed E-state index contributed by atoms with van der Waals surface area (Å²) in [6.07, 6.45) is 17.7. The van der Waals surface area contributed by atoms with Crippen molar-refractivity contribution in [2.45, 2.75) is 84.7 Å². The maximum Gasteiger partial charge on any atom is 0.306 e. The Morgan fingerprint density at radius 2 is 2.04 bits per heavy atom. The smallest absolute Gasteiger partial charge is 0.306 e. The normalized spacial score (nSPS) is 45.2. The van der Waals surface area contributed by atoms with E-state index in [2.05, 4.69) is 32.1 Å². The molecule has 25 heavy (non-hydrogen) atoms. The van der Waals surface area contributed by atoms with Crippen molar-refractivity contribution in [3.05, 3.63) is 23.8 Å². The van der Waals surface area contributed by atoms with E-state index < -0.39 is 0 Å². The van der Waals surface area contributed by atoms with E-state index in [1.807, 2.05) is 6.92 Å². The molecule has 2 heteroatoms. The third-order valence-electron chi connectivity index (χ3n) is 8.15. The lowest BCUT2D eigenvalue weighted by atomic mass is 9.48. The topological polar surface area (TPSA) is 26.3 Å². The zero-order valence-corrected chi connectivity index (χ0v) is 16.2. The van der Waals surface area contributed by atoms with Crippen LogP contribution in [0.25, 0.3) is 0 Å². The predicted molar refractivity (Wildman–Crippen MR) is 101 cm³/mol. The first-order chi connectivity index (χ1) is 12.0. The quantitative estimate of drug-likeness (QED) is 0.476. The molecule has 0 heterocycles. The van der Waals surface area contributed by atoms with Gasteiger partial charge in [0.1, 0.15) is 6.10 Å². The van der Waals surface area contributed by atoms with Crippen LogP contribution in [0.15, 0.2) is 23.8 Å². The fraction of sp³-hybridized carbons (Fsp3) is 0.783. The Morgan fingerprint density at radius 1 is 1.20 bits per heavy atom. The molecule has 138 valence electrons. The summed E-state index contributed by atoms with van der Waals surface area (Å²) >= 11 is 0. The fourth-order valence-corrected chi connectivity index (χ4v) is 6.79. The number of hydrogen-bond donors (Lipinski definition) is 0. The Hall–Kier alpha value is -1.05. The molecule has 4 aliphatic carbocycles. The van der Waals surface area contributed by atoms with E-state index in [-0.39, 0.29) is 17.5 Å². The molecule has 0 aliphatic heterocycles. The van der Waals surface area contributed by atoms with Crippen LogP contribution in [0.2, 0.25) is 0 Å². The minimum absolute atomic E-state index is 0.0642. The van der Waals surface area contributed by atoms with Crippen LogP contribution in [0.4, 0.5) is 0 Å². The Bertz CT molecular complexity index is 603. The second kappa shape index (κ2) is 6.28. The molecular formula is C23H34O2. The van der Waals surface area contributed by atoms with Crippen LogP contribution in [-0.4, -0.2) is 12.1 Å². The Balaban J connectivity index is 1.53. The molecule has 0 aromatic heterocycles. The van der Waals surface area contributed by atoms with E-state index in [0.717, 1.165) is 24.2 Å². The molecule has 0 radical (unpaired) electrons. The average Bonchev–Trinajstić information content (AvgIpc) is 2.97. The SMILES string of the molecule is CCCC(=O)OC1C=C[C@@]2(C)C(=C1)CC[C@H]1[C@@H]3CCC[C@@]3(C)CC[C@@H]12. The van der Waals surface area contributed by atoms with Crippen LogP contribution >= 0.6 is 0 Å². The van der Waals surface area contributed by atoms with Gasteiger partial charge in [-0.15, -0.1) is 0 Å². The molecule has 0 aromatic rings. The molecule has 0 bridgehead atoms. The third-order valence-corrected chi connectivity index (χ3v) is 8.15. The second-order valence-corrected chi connectivity index (χ2v) is 9.54. The maximum atomic E-state index is 11.9. The summed E-state index contributed by atoms with van der Waals surface area (Å²) < 4.78 is 5.65. The molecule has 0 amide bonds. The summed E-state index contributed by atoms with van der Waals surface area (Å²) in [4.78, 5) is 11.9. The summed E-state index contributed by atoms with van der Waals surface area (Å²) in [5.41, 5.74) is 2.35. The molecule has 4 rings (SSSR count). The first-order valence-corrected chi connectivity index (χ1v) is 10.6. The van der Waals surface area contributed by atoms with Crippen molar-refractivity contribution in [1.29, 1.82) is 0 Å². The molecule has 0 spiro atoms. The van der Waals surface area contributed by atoms with Crippen molar-refractivity contribution in [1.82, 2.24) is 0 Å². The number of hydrogen-bond acceptors (Lipinski definition) is 2. The van der Waals surface area contributed by atoms with Gasteiger partial charge in [0.15, 0.2) is 0 Å². The average molecular weight is 343 g/mol. The summed E-state index contributed by atoms with van der Waals surface area (Å²) in [6.45, 7) is 7.04. The number of esters is 1. The monoisotopic (exact) mass is 342 g/mol. The van der Waals surface area contributed by atoms with Crippen molar-refractivity contribution in [3.8, 4) is 0 Å². The van der Waals surface area contributed by atoms with Crippen LogP contribution < -0.4 is 0 Å². The van der Waals surface area contributed by atoms with Gasteiger partial charge in [-0.05, 0) is 80.3 Å². The zero-order valence-electron chi connectivity index (χ0n) is 16.2. The van der Waals surface area contributed by atoms with E-state index in [1.165, 1.54) is 50.5 Å². The van der Waals surface area contributed by atoms with E-state index in [4.69, 9.17) is 4.74 Å². The first-order valence-electron chi connectivity index (χ1n) is 10.6. The largest absolute Gasteiger partial charge is 0.454 e. The van der Waals surface area contributed by atoms with Crippen LogP contribution in [0, 0.1) is 28.6 Å². The minimum atomic E-state index is -0.140. The summed E-state index contributed by atoms with van der Waals surface area (Å²) in [5.74, 6) is 2.56. The lowest BCUT2D eigenvalue weighted by molar-refractivity contribution is -0.145. The third kappa shape index (κ3) is 2.80. The highest BCUT2D eigenvalue weighted by Gasteiger charge is 2.55. The van der Waals surface area contributed by atoms with E-state index in [1.54, 1.807) is 0 Å². The Morgan fingerprint density at radius 3 is 2.84 bits per heavy atom. The molecule has 2 nitrogen and oxygen atoms in total. The number of ether oxygens (including phenoxy) is 1. The Kier molecular flexibility index (Phi) is 4.37. The van der Waals surface area contributed by atoms with Gasteiger partial charge in [-0.3, -0.25) is 4.79 Å². The molecule has 4 aliphatic rings. The van der Waals surface area contributed by atoms with Gasteiger partial charge < -0.3 is 4.74 Å². The van der Waals surface area contributed by atoms with Gasteiger partial charge in [0, 0.05) is 11.8 Å². The lowest BCUT2D eigenvalue weighted by Gasteiger charge is -2.56. The summed E-state index contributed by atoms with van der Waals surface area (Å²) in [5, 5.41) is 0. The molecule has 0 N–H and O–H groups in total. The van der Waals surface area contributed by atoms with Crippen molar-refractivity contribution >= 4 is 5.97 Å². The van der Waals surface area contributed by atoms with Gasteiger partial charge in [0.05, 0.1) is 0 Å². The molecule has 3 saturated carbocycles. The van der Waals surface area contributed by atoms with Crippen LogP contribution in [0.1, 0.15) is 78.6 Å². The molecule has 0 aromatic carbocycles. The Labute approximate surface area is 153 Å². The number of rotatable bonds is 3. The minimum Gasteiger partial charge on any atom is -0.454 e. The van der Waals surface area contributed by atoms with Crippen molar-refractivity contribution in [2.75, 3.05) is 0 Å². The molecular weight excluding hydrogens is 308 g/mol. The van der Waals surface area contributed by atoms with Gasteiger partial charge in [0.2, 0.25) is 0 Å². The highest BCUT2D eigenvalue weighted by Crippen LogP contribution is 2.64. The molecule has 1 unspecified atom stereocenters. The highest BCUT2D eigenvalue weighted by molar-refractivity contribution is 5.70. The zero-order chi connectivity index (χ0) is 17.7. The lowest BCUT2D eigenvalue weighted by Crippen LogP contribution is -2.48. The highest BCUT2D eigenvalue weighted by atomic mass is 16.5. The molecule has 6 atom stereocenters. The van der Waals surface area contributed by atoms with Crippen molar-refractivity contribution in [2.24, 2.45) is 28.6 Å².